The van der Waals surface area contributed by atoms with Crippen LogP contribution in [0.15, 0.2) is 45.5 Å². The van der Waals surface area contributed by atoms with E-state index in [0.29, 0.717) is 19.0 Å². The Labute approximate surface area is 141 Å². The monoisotopic (exact) mass is 414 g/mol. The van der Waals surface area contributed by atoms with Gasteiger partial charge in [-0.05, 0) is 34.1 Å². The highest BCUT2D eigenvalue weighted by atomic mass is 79.9. The second-order valence-corrected chi connectivity index (χ2v) is 6.04. The Morgan fingerprint density at radius 2 is 2.10 bits per heavy atom. The van der Waals surface area contributed by atoms with Gasteiger partial charge in [-0.25, -0.2) is 4.98 Å². The lowest BCUT2D eigenvalue weighted by Gasteiger charge is -2.12. The van der Waals surface area contributed by atoms with Gasteiger partial charge < -0.3 is 14.8 Å². The number of benzene rings is 1. The molecule has 0 unspecified atom stereocenters. The zero-order chi connectivity index (χ0) is 15.1. The normalized spacial score (nSPS) is 10.4. The van der Waals surface area contributed by atoms with E-state index in [-0.39, 0.29) is 0 Å². The first kappa shape index (κ1) is 16.3. The number of nitrogens with one attached hydrogen (secondary N) is 1. The quantitative estimate of drug-likeness (QED) is 0.698. The fourth-order valence-electron chi connectivity index (χ4n) is 1.86. The molecule has 2 rings (SSSR count). The molecule has 1 aromatic carbocycles. The summed E-state index contributed by atoms with van der Waals surface area (Å²) in [5.74, 6) is 1.48. The van der Waals surface area contributed by atoms with Gasteiger partial charge in [-0.15, -0.1) is 0 Å². The predicted octanol–water partition coefficient (Wildman–Crippen LogP) is 3.78. The van der Waals surface area contributed by atoms with E-state index in [1.165, 1.54) is 0 Å². The molecule has 0 spiro atoms. The fourth-order valence-corrected chi connectivity index (χ4v) is 3.33. The first-order valence-corrected chi connectivity index (χ1v) is 8.05. The molecular weight excluding hydrogens is 400 g/mol. The Kier molecular flexibility index (Phi) is 6.48. The molecule has 6 heteroatoms. The highest BCUT2D eigenvalue weighted by Gasteiger charge is 2.08. The van der Waals surface area contributed by atoms with Gasteiger partial charge in [0.25, 0.3) is 0 Å². The maximum absolute atomic E-state index is 5.52. The molecule has 2 aromatic rings. The highest BCUT2D eigenvalue weighted by Crippen LogP contribution is 2.32. The first-order valence-electron chi connectivity index (χ1n) is 6.47. The van der Waals surface area contributed by atoms with Crippen molar-refractivity contribution >= 4 is 31.9 Å². The maximum Gasteiger partial charge on any atom is 0.213 e. The van der Waals surface area contributed by atoms with Crippen molar-refractivity contribution in [2.75, 3.05) is 20.3 Å². The number of rotatable bonds is 7. The number of hydrogen-bond acceptors (Lipinski definition) is 4. The van der Waals surface area contributed by atoms with Gasteiger partial charge in [0, 0.05) is 35.4 Å². The van der Waals surface area contributed by atoms with Crippen molar-refractivity contribution in [1.82, 2.24) is 10.3 Å². The lowest BCUT2D eigenvalue weighted by atomic mass is 10.2. The number of halogens is 2. The van der Waals surface area contributed by atoms with Crippen LogP contribution in [-0.4, -0.2) is 25.2 Å². The molecule has 1 heterocycles. The van der Waals surface area contributed by atoms with Crippen molar-refractivity contribution in [3.8, 4) is 11.6 Å². The van der Waals surface area contributed by atoms with Crippen LogP contribution < -0.4 is 14.8 Å². The standard InChI is InChI=1S/C15H16Br2N2O2/c1-20-15-11(8-12(16)9-13(15)17)10-18-6-7-21-14-4-2-3-5-19-14/h2-5,8-9,18H,6-7,10H2,1H3. The van der Waals surface area contributed by atoms with Crippen LogP contribution in [0.5, 0.6) is 11.6 Å². The Balaban J connectivity index is 1.81. The van der Waals surface area contributed by atoms with Crippen LogP contribution >= 0.6 is 31.9 Å². The average Bonchev–Trinajstić information content (AvgIpc) is 2.47. The topological polar surface area (TPSA) is 43.4 Å². The Morgan fingerprint density at radius 3 is 2.81 bits per heavy atom. The van der Waals surface area contributed by atoms with Crippen LogP contribution in [-0.2, 0) is 6.54 Å². The molecule has 0 saturated carbocycles. The first-order chi connectivity index (χ1) is 10.2. The van der Waals surface area contributed by atoms with Gasteiger partial charge in [-0.1, -0.05) is 22.0 Å². The van der Waals surface area contributed by atoms with E-state index in [1.807, 2.05) is 30.3 Å². The molecule has 0 amide bonds. The summed E-state index contributed by atoms with van der Waals surface area (Å²) in [6.45, 7) is 1.99. The van der Waals surface area contributed by atoms with Gasteiger partial charge in [0.2, 0.25) is 5.88 Å². The number of pyridine rings is 1. The number of hydrogen-bond donors (Lipinski definition) is 1. The lowest BCUT2D eigenvalue weighted by molar-refractivity contribution is 0.301. The van der Waals surface area contributed by atoms with Crippen LogP contribution in [0.4, 0.5) is 0 Å². The van der Waals surface area contributed by atoms with E-state index in [4.69, 9.17) is 9.47 Å². The third-order valence-electron chi connectivity index (χ3n) is 2.77. The second kappa shape index (κ2) is 8.36. The van der Waals surface area contributed by atoms with Crippen molar-refractivity contribution in [2.45, 2.75) is 6.54 Å². The van der Waals surface area contributed by atoms with Crippen LogP contribution in [0.3, 0.4) is 0 Å². The zero-order valence-electron chi connectivity index (χ0n) is 11.6. The number of methoxy groups -OCH3 is 1. The zero-order valence-corrected chi connectivity index (χ0v) is 14.8. The number of nitrogens with zero attached hydrogens (tertiary/aromatic N) is 1. The minimum Gasteiger partial charge on any atom is -0.495 e. The van der Waals surface area contributed by atoms with Crippen molar-refractivity contribution < 1.29 is 9.47 Å². The van der Waals surface area contributed by atoms with E-state index in [1.54, 1.807) is 13.3 Å². The smallest absolute Gasteiger partial charge is 0.213 e. The molecule has 0 radical (unpaired) electrons. The molecule has 0 aliphatic rings. The van der Waals surface area contributed by atoms with Crippen LogP contribution in [0.25, 0.3) is 0 Å². The molecule has 0 atom stereocenters. The number of aromatic nitrogens is 1. The van der Waals surface area contributed by atoms with Crippen molar-refractivity contribution in [1.29, 1.82) is 0 Å². The van der Waals surface area contributed by atoms with Crippen LogP contribution in [0.2, 0.25) is 0 Å². The predicted molar refractivity (Wildman–Crippen MR) is 89.8 cm³/mol. The number of ether oxygens (including phenoxy) is 2. The summed E-state index contributed by atoms with van der Waals surface area (Å²) in [4.78, 5) is 4.10. The summed E-state index contributed by atoms with van der Waals surface area (Å²) in [6.07, 6.45) is 1.71. The maximum atomic E-state index is 5.52. The molecule has 0 aliphatic carbocycles. The molecule has 1 aromatic heterocycles. The third-order valence-corrected chi connectivity index (χ3v) is 3.82. The van der Waals surface area contributed by atoms with Gasteiger partial charge in [0.15, 0.2) is 0 Å². The Morgan fingerprint density at radius 1 is 1.24 bits per heavy atom. The SMILES string of the molecule is COc1c(Br)cc(Br)cc1CNCCOc1ccccn1. The van der Waals surface area contributed by atoms with E-state index < -0.39 is 0 Å². The molecule has 0 saturated heterocycles. The summed E-state index contributed by atoms with van der Waals surface area (Å²) in [5, 5.41) is 3.33. The van der Waals surface area contributed by atoms with E-state index in [0.717, 1.165) is 26.8 Å². The van der Waals surface area contributed by atoms with Crippen LogP contribution in [0, 0.1) is 0 Å². The third kappa shape index (κ3) is 4.98. The Bertz CT molecular complexity index is 579. The molecule has 21 heavy (non-hydrogen) atoms. The van der Waals surface area contributed by atoms with Gasteiger partial charge in [0.1, 0.15) is 12.4 Å². The van der Waals surface area contributed by atoms with Crippen molar-refractivity contribution in [3.63, 3.8) is 0 Å². The molecular formula is C15H16Br2N2O2. The summed E-state index contributed by atoms with van der Waals surface area (Å²) in [7, 11) is 1.67. The highest BCUT2D eigenvalue weighted by molar-refractivity contribution is 9.11. The molecule has 112 valence electrons. The molecule has 4 nitrogen and oxygen atoms in total. The molecule has 0 aliphatic heterocycles. The van der Waals surface area contributed by atoms with E-state index in [9.17, 15) is 0 Å². The Hall–Kier alpha value is -1.11. The average molecular weight is 416 g/mol. The fraction of sp³-hybridized carbons (Fsp3) is 0.267. The molecule has 0 fully saturated rings. The van der Waals surface area contributed by atoms with Gasteiger partial charge in [-0.2, -0.15) is 0 Å². The lowest BCUT2D eigenvalue weighted by Crippen LogP contribution is -2.21. The summed E-state index contributed by atoms with van der Waals surface area (Å²) in [5.41, 5.74) is 1.08. The summed E-state index contributed by atoms with van der Waals surface area (Å²) < 4.78 is 12.9. The van der Waals surface area contributed by atoms with Gasteiger partial charge in [-0.3, -0.25) is 0 Å². The van der Waals surface area contributed by atoms with Gasteiger partial charge >= 0.3 is 0 Å². The second-order valence-electron chi connectivity index (χ2n) is 4.27. The molecule has 1 N–H and O–H groups in total. The van der Waals surface area contributed by atoms with Crippen molar-refractivity contribution in [3.05, 3.63) is 51.0 Å². The minimum absolute atomic E-state index is 0.564. The van der Waals surface area contributed by atoms with E-state index >= 15 is 0 Å². The van der Waals surface area contributed by atoms with Crippen molar-refractivity contribution in [2.24, 2.45) is 0 Å². The van der Waals surface area contributed by atoms with Gasteiger partial charge in [0.05, 0.1) is 11.6 Å². The van der Waals surface area contributed by atoms with E-state index in [2.05, 4.69) is 42.2 Å². The minimum atomic E-state index is 0.564. The largest absolute Gasteiger partial charge is 0.495 e. The van der Waals surface area contributed by atoms with Crippen LogP contribution in [0.1, 0.15) is 5.56 Å². The summed E-state index contributed by atoms with van der Waals surface area (Å²) >= 11 is 6.98. The summed E-state index contributed by atoms with van der Waals surface area (Å²) in [6, 6.07) is 9.61. The molecule has 0 bridgehead atoms.